The zero-order valence-corrected chi connectivity index (χ0v) is 14.7. The Bertz CT molecular complexity index is 927. The third kappa shape index (κ3) is 3.29. The lowest BCUT2D eigenvalue weighted by Crippen LogP contribution is -2.54. The molecule has 0 spiro atoms. The predicted molar refractivity (Wildman–Crippen MR) is 99.0 cm³/mol. The quantitative estimate of drug-likeness (QED) is 0.501. The Morgan fingerprint density at radius 3 is 2.46 bits per heavy atom. The van der Waals surface area contributed by atoms with Crippen LogP contribution in [-0.4, -0.2) is 41.0 Å². The smallest absolute Gasteiger partial charge is 0.270 e. The molecule has 0 atom stereocenters. The predicted octanol–water partition coefficient (Wildman–Crippen LogP) is 1.51. The van der Waals surface area contributed by atoms with Crippen molar-refractivity contribution in [2.45, 2.75) is 0 Å². The highest BCUT2D eigenvalue weighted by molar-refractivity contribution is 7.80. The van der Waals surface area contributed by atoms with Crippen LogP contribution in [0.1, 0.15) is 5.56 Å². The Labute approximate surface area is 154 Å². The first kappa shape index (κ1) is 17.6. The van der Waals surface area contributed by atoms with E-state index in [0.717, 1.165) is 4.90 Å². The standard InChI is InChI=1S/C17H14FN5O2S/c1-22(2)16-19-8-10(9-20-16)7-11-14(24)21-17(26)23(15(11)25)13-6-4-3-5-12(13)18/h3-9H,1-2H3,(H,21,24,26). The second-order valence-electron chi connectivity index (χ2n) is 5.62. The Hall–Kier alpha value is -3.20. The minimum atomic E-state index is -0.722. The summed E-state index contributed by atoms with van der Waals surface area (Å²) in [6.07, 6.45) is 4.30. The van der Waals surface area contributed by atoms with E-state index in [9.17, 15) is 14.0 Å². The number of anilines is 2. The molecular formula is C17H14FN5O2S. The lowest BCUT2D eigenvalue weighted by Gasteiger charge is -2.29. The number of thiocarbonyl (C=S) groups is 1. The van der Waals surface area contributed by atoms with Crippen molar-refractivity contribution in [3.63, 3.8) is 0 Å². The number of carbonyl (C=O) groups excluding carboxylic acids is 2. The van der Waals surface area contributed by atoms with E-state index in [0.29, 0.717) is 11.5 Å². The van der Waals surface area contributed by atoms with Gasteiger partial charge in [-0.15, -0.1) is 0 Å². The summed E-state index contributed by atoms with van der Waals surface area (Å²) in [5.41, 5.74) is 0.228. The number of benzene rings is 1. The second-order valence-corrected chi connectivity index (χ2v) is 6.01. The average Bonchev–Trinajstić information content (AvgIpc) is 2.60. The van der Waals surface area contributed by atoms with E-state index < -0.39 is 17.6 Å². The van der Waals surface area contributed by atoms with Crippen LogP contribution in [0.15, 0.2) is 42.2 Å². The van der Waals surface area contributed by atoms with Gasteiger partial charge < -0.3 is 4.90 Å². The van der Waals surface area contributed by atoms with Crippen molar-refractivity contribution in [2.75, 3.05) is 23.9 Å². The van der Waals surface area contributed by atoms with Gasteiger partial charge in [0.25, 0.3) is 11.8 Å². The minimum absolute atomic E-state index is 0.0346. The number of hydrogen-bond donors (Lipinski definition) is 1. The molecule has 0 aliphatic carbocycles. The molecule has 1 aliphatic heterocycles. The fraction of sp³-hybridized carbons (Fsp3) is 0.118. The van der Waals surface area contributed by atoms with E-state index in [1.165, 1.54) is 36.7 Å². The SMILES string of the molecule is CN(C)c1ncc(C=C2C(=O)NC(=S)N(c3ccccc3F)C2=O)cn1. The van der Waals surface area contributed by atoms with Gasteiger partial charge in [-0.2, -0.15) is 0 Å². The van der Waals surface area contributed by atoms with E-state index in [-0.39, 0.29) is 16.4 Å². The van der Waals surface area contributed by atoms with Crippen LogP contribution in [0.5, 0.6) is 0 Å². The van der Waals surface area contributed by atoms with Crippen LogP contribution in [-0.2, 0) is 9.59 Å². The molecule has 9 heteroatoms. The number of nitrogens with one attached hydrogen (secondary N) is 1. The second kappa shape index (κ2) is 6.96. The lowest BCUT2D eigenvalue weighted by molar-refractivity contribution is -0.122. The highest BCUT2D eigenvalue weighted by Crippen LogP contribution is 2.24. The summed E-state index contributed by atoms with van der Waals surface area (Å²) in [7, 11) is 3.58. The first-order chi connectivity index (χ1) is 12.4. The van der Waals surface area contributed by atoms with Crippen molar-refractivity contribution in [2.24, 2.45) is 0 Å². The van der Waals surface area contributed by atoms with Gasteiger partial charge in [-0.25, -0.2) is 19.3 Å². The number of carbonyl (C=O) groups is 2. The molecule has 0 saturated carbocycles. The number of hydrogen-bond acceptors (Lipinski definition) is 6. The molecule has 1 aliphatic rings. The Kier molecular flexibility index (Phi) is 4.72. The number of halogens is 1. The average molecular weight is 371 g/mol. The summed E-state index contributed by atoms with van der Waals surface area (Å²) in [6.45, 7) is 0. The molecule has 7 nitrogen and oxygen atoms in total. The molecule has 1 fully saturated rings. The molecule has 2 aromatic rings. The highest BCUT2D eigenvalue weighted by atomic mass is 32.1. The van der Waals surface area contributed by atoms with Crippen LogP contribution in [0.25, 0.3) is 6.08 Å². The van der Waals surface area contributed by atoms with Gasteiger partial charge >= 0.3 is 0 Å². The van der Waals surface area contributed by atoms with E-state index in [1.54, 1.807) is 25.1 Å². The van der Waals surface area contributed by atoms with Gasteiger partial charge in [0.15, 0.2) is 5.11 Å². The third-order valence-electron chi connectivity index (χ3n) is 3.56. The summed E-state index contributed by atoms with van der Waals surface area (Å²) >= 11 is 5.04. The molecule has 1 aromatic heterocycles. The summed E-state index contributed by atoms with van der Waals surface area (Å²) in [4.78, 5) is 35.9. The molecule has 0 bridgehead atoms. The molecule has 2 amide bonds. The molecular weight excluding hydrogens is 357 g/mol. The van der Waals surface area contributed by atoms with Crippen LogP contribution < -0.4 is 15.1 Å². The van der Waals surface area contributed by atoms with Gasteiger partial charge in [0, 0.05) is 32.1 Å². The number of aromatic nitrogens is 2. The summed E-state index contributed by atoms with van der Waals surface area (Å²) in [5, 5.41) is 2.22. The van der Waals surface area contributed by atoms with Crippen molar-refractivity contribution >= 4 is 46.9 Å². The topological polar surface area (TPSA) is 78.4 Å². The van der Waals surface area contributed by atoms with Crippen LogP contribution >= 0.6 is 12.2 Å². The van der Waals surface area contributed by atoms with Crippen molar-refractivity contribution in [1.82, 2.24) is 15.3 Å². The van der Waals surface area contributed by atoms with E-state index >= 15 is 0 Å². The third-order valence-corrected chi connectivity index (χ3v) is 3.85. The van der Waals surface area contributed by atoms with Crippen LogP contribution in [0.4, 0.5) is 16.0 Å². The van der Waals surface area contributed by atoms with Crippen molar-refractivity contribution in [3.05, 3.63) is 53.6 Å². The molecule has 1 saturated heterocycles. The fourth-order valence-corrected chi connectivity index (χ4v) is 2.59. The molecule has 132 valence electrons. The Morgan fingerprint density at radius 2 is 1.85 bits per heavy atom. The number of nitrogens with zero attached hydrogens (tertiary/aromatic N) is 4. The van der Waals surface area contributed by atoms with Crippen LogP contribution in [0.3, 0.4) is 0 Å². The van der Waals surface area contributed by atoms with Gasteiger partial charge in [0.1, 0.15) is 11.4 Å². The van der Waals surface area contributed by atoms with Gasteiger partial charge in [0.05, 0.1) is 5.69 Å². The highest BCUT2D eigenvalue weighted by Gasteiger charge is 2.35. The molecule has 2 heterocycles. The number of amides is 2. The minimum Gasteiger partial charge on any atom is -0.347 e. The first-order valence-electron chi connectivity index (χ1n) is 7.54. The number of para-hydroxylation sites is 1. The maximum Gasteiger partial charge on any atom is 0.270 e. The first-order valence-corrected chi connectivity index (χ1v) is 7.94. The normalized spacial score (nSPS) is 16.0. The zero-order valence-electron chi connectivity index (χ0n) is 13.9. The van der Waals surface area contributed by atoms with Gasteiger partial charge in [-0.05, 0) is 30.4 Å². The Balaban J connectivity index is 1.99. The fourth-order valence-electron chi connectivity index (χ4n) is 2.31. The van der Waals surface area contributed by atoms with E-state index in [4.69, 9.17) is 12.2 Å². The molecule has 0 radical (unpaired) electrons. The molecule has 26 heavy (non-hydrogen) atoms. The van der Waals surface area contributed by atoms with E-state index in [2.05, 4.69) is 15.3 Å². The van der Waals surface area contributed by atoms with Gasteiger partial charge in [-0.3, -0.25) is 14.9 Å². The van der Waals surface area contributed by atoms with Crippen LogP contribution in [0.2, 0.25) is 0 Å². The molecule has 1 N–H and O–H groups in total. The monoisotopic (exact) mass is 371 g/mol. The summed E-state index contributed by atoms with van der Waals surface area (Å²) in [5.74, 6) is -1.53. The largest absolute Gasteiger partial charge is 0.347 e. The van der Waals surface area contributed by atoms with Crippen molar-refractivity contribution < 1.29 is 14.0 Å². The van der Waals surface area contributed by atoms with Crippen molar-refractivity contribution in [1.29, 1.82) is 0 Å². The maximum atomic E-state index is 14.1. The molecule has 1 aromatic carbocycles. The molecule has 3 rings (SSSR count). The molecule has 0 unspecified atom stereocenters. The maximum absolute atomic E-state index is 14.1. The van der Waals surface area contributed by atoms with Gasteiger partial charge in [-0.1, -0.05) is 12.1 Å². The van der Waals surface area contributed by atoms with Gasteiger partial charge in [0.2, 0.25) is 5.95 Å². The van der Waals surface area contributed by atoms with Crippen LogP contribution in [0, 0.1) is 5.82 Å². The summed E-state index contributed by atoms with van der Waals surface area (Å²) < 4.78 is 14.1. The Morgan fingerprint density at radius 1 is 1.19 bits per heavy atom. The zero-order chi connectivity index (χ0) is 18.8. The number of rotatable bonds is 3. The van der Waals surface area contributed by atoms with Crippen molar-refractivity contribution in [3.8, 4) is 0 Å². The summed E-state index contributed by atoms with van der Waals surface area (Å²) in [6, 6.07) is 5.68. The lowest BCUT2D eigenvalue weighted by atomic mass is 10.1. The van der Waals surface area contributed by atoms with E-state index in [1.807, 2.05) is 0 Å².